The molecule has 1 aromatic rings. The zero-order chi connectivity index (χ0) is 15.2. The van der Waals surface area contributed by atoms with E-state index < -0.39 is 5.92 Å². The highest BCUT2D eigenvalue weighted by Gasteiger charge is 2.31. The Balaban J connectivity index is 2.20. The van der Waals surface area contributed by atoms with Gasteiger partial charge in [0, 0.05) is 6.42 Å². The number of nitriles is 1. The zero-order valence-electron chi connectivity index (χ0n) is 11.4. The number of amides is 1. The SMILES string of the molecule is CCOC(=O)CSC1=C(C#N)C(c2ccco2)CC(=O)N1. The van der Waals surface area contributed by atoms with Crippen molar-refractivity contribution >= 4 is 23.6 Å². The number of thioether (sulfide) groups is 1. The standard InChI is InChI=1S/C14H14N2O4S/c1-2-19-13(18)8-21-14-10(7-15)9(6-12(17)16-14)11-4-3-5-20-11/h3-5,9H,2,6,8H2,1H3,(H,16,17). The number of nitrogens with zero attached hydrogens (tertiary/aromatic N) is 1. The van der Waals surface area contributed by atoms with Crippen molar-refractivity contribution < 1.29 is 18.7 Å². The van der Waals surface area contributed by atoms with Crippen molar-refractivity contribution in [3.05, 3.63) is 34.8 Å². The highest BCUT2D eigenvalue weighted by atomic mass is 32.2. The summed E-state index contributed by atoms with van der Waals surface area (Å²) in [5.41, 5.74) is 0.402. The summed E-state index contributed by atoms with van der Waals surface area (Å²) in [7, 11) is 0. The molecule has 0 spiro atoms. The van der Waals surface area contributed by atoms with Crippen molar-refractivity contribution in [2.45, 2.75) is 19.3 Å². The van der Waals surface area contributed by atoms with Crippen LogP contribution in [0.1, 0.15) is 25.0 Å². The monoisotopic (exact) mass is 306 g/mol. The molecule has 1 amide bonds. The van der Waals surface area contributed by atoms with Crippen LogP contribution in [0.5, 0.6) is 0 Å². The van der Waals surface area contributed by atoms with Crippen LogP contribution in [0.4, 0.5) is 0 Å². The zero-order valence-corrected chi connectivity index (χ0v) is 12.2. The molecule has 1 N–H and O–H groups in total. The summed E-state index contributed by atoms with van der Waals surface area (Å²) < 4.78 is 10.1. The van der Waals surface area contributed by atoms with E-state index in [1.54, 1.807) is 19.1 Å². The van der Waals surface area contributed by atoms with Gasteiger partial charge in [-0.05, 0) is 19.1 Å². The van der Waals surface area contributed by atoms with E-state index in [1.807, 2.05) is 0 Å². The van der Waals surface area contributed by atoms with Crippen LogP contribution >= 0.6 is 11.8 Å². The van der Waals surface area contributed by atoms with Gasteiger partial charge in [0.15, 0.2) is 0 Å². The van der Waals surface area contributed by atoms with Crippen molar-refractivity contribution in [3.8, 4) is 6.07 Å². The van der Waals surface area contributed by atoms with Crippen LogP contribution in [-0.2, 0) is 14.3 Å². The number of hydrogen-bond acceptors (Lipinski definition) is 6. The molecule has 0 saturated heterocycles. The van der Waals surface area contributed by atoms with E-state index in [0.29, 0.717) is 23.0 Å². The Morgan fingerprint density at radius 1 is 1.67 bits per heavy atom. The van der Waals surface area contributed by atoms with Crippen molar-refractivity contribution in [1.29, 1.82) is 5.26 Å². The van der Waals surface area contributed by atoms with E-state index in [9.17, 15) is 14.9 Å². The summed E-state index contributed by atoms with van der Waals surface area (Å²) in [6, 6.07) is 5.54. The molecule has 0 radical (unpaired) electrons. The number of allylic oxidation sites excluding steroid dienone is 1. The Labute approximate surface area is 126 Å². The Morgan fingerprint density at radius 3 is 3.10 bits per heavy atom. The molecule has 0 aliphatic carbocycles. The Bertz CT molecular complexity index is 601. The van der Waals surface area contributed by atoms with Gasteiger partial charge in [-0.15, -0.1) is 0 Å². The van der Waals surface area contributed by atoms with Gasteiger partial charge in [-0.25, -0.2) is 0 Å². The summed E-state index contributed by atoms with van der Waals surface area (Å²) in [4.78, 5) is 23.2. The van der Waals surface area contributed by atoms with Gasteiger partial charge in [0.05, 0.1) is 41.2 Å². The maximum Gasteiger partial charge on any atom is 0.316 e. The lowest BCUT2D eigenvalue weighted by atomic mass is 9.92. The number of ether oxygens (including phenoxy) is 1. The van der Waals surface area contributed by atoms with Crippen molar-refractivity contribution in [2.24, 2.45) is 0 Å². The Hall–Kier alpha value is -2.20. The van der Waals surface area contributed by atoms with Gasteiger partial charge >= 0.3 is 5.97 Å². The summed E-state index contributed by atoms with van der Waals surface area (Å²) in [6.07, 6.45) is 1.65. The summed E-state index contributed by atoms with van der Waals surface area (Å²) in [5, 5.41) is 12.4. The predicted octanol–water partition coefficient (Wildman–Crippen LogP) is 1.91. The number of esters is 1. The molecule has 7 heteroatoms. The van der Waals surface area contributed by atoms with Crippen LogP contribution in [0, 0.1) is 11.3 Å². The van der Waals surface area contributed by atoms with Gasteiger partial charge in [0.1, 0.15) is 5.76 Å². The fourth-order valence-corrected chi connectivity index (χ4v) is 2.87. The molecular weight excluding hydrogens is 292 g/mol. The van der Waals surface area contributed by atoms with E-state index in [1.165, 1.54) is 6.26 Å². The molecular formula is C14H14N2O4S. The normalized spacial score (nSPS) is 18.1. The maximum absolute atomic E-state index is 11.8. The number of rotatable bonds is 5. The van der Waals surface area contributed by atoms with Gasteiger partial charge in [-0.2, -0.15) is 5.26 Å². The second-order valence-corrected chi connectivity index (χ2v) is 5.25. The van der Waals surface area contributed by atoms with E-state index >= 15 is 0 Å². The molecule has 1 aliphatic rings. The van der Waals surface area contributed by atoms with Crippen LogP contribution in [0.3, 0.4) is 0 Å². The first kappa shape index (κ1) is 15.2. The second-order valence-electron chi connectivity index (χ2n) is 4.27. The second kappa shape index (κ2) is 6.99. The number of hydrogen-bond donors (Lipinski definition) is 1. The van der Waals surface area contributed by atoms with Crippen LogP contribution in [-0.4, -0.2) is 24.2 Å². The van der Waals surface area contributed by atoms with Gasteiger partial charge in [-0.3, -0.25) is 9.59 Å². The molecule has 2 rings (SSSR count). The molecule has 2 heterocycles. The third-order valence-corrected chi connectivity index (χ3v) is 3.87. The minimum Gasteiger partial charge on any atom is -0.469 e. The fraction of sp³-hybridized carbons (Fsp3) is 0.357. The molecule has 0 aromatic carbocycles. The number of carbonyl (C=O) groups is 2. The molecule has 1 aromatic heterocycles. The molecule has 21 heavy (non-hydrogen) atoms. The van der Waals surface area contributed by atoms with Crippen LogP contribution in [0.25, 0.3) is 0 Å². The summed E-state index contributed by atoms with van der Waals surface area (Å²) in [5.74, 6) is -0.401. The van der Waals surface area contributed by atoms with Crippen LogP contribution in [0.2, 0.25) is 0 Å². The van der Waals surface area contributed by atoms with Gasteiger partial charge in [0.25, 0.3) is 0 Å². The number of nitrogens with one attached hydrogen (secondary N) is 1. The quantitative estimate of drug-likeness (QED) is 0.835. The molecule has 1 atom stereocenters. The lowest BCUT2D eigenvalue weighted by molar-refractivity contribution is -0.139. The minimum atomic E-state index is -0.413. The van der Waals surface area contributed by atoms with Gasteiger partial charge < -0.3 is 14.5 Å². The van der Waals surface area contributed by atoms with Crippen LogP contribution < -0.4 is 5.32 Å². The highest BCUT2D eigenvalue weighted by molar-refractivity contribution is 8.03. The third kappa shape index (κ3) is 3.67. The van der Waals surface area contributed by atoms with E-state index in [4.69, 9.17) is 9.15 Å². The van der Waals surface area contributed by atoms with Crippen molar-refractivity contribution in [1.82, 2.24) is 5.32 Å². The predicted molar refractivity (Wildman–Crippen MR) is 75.9 cm³/mol. The summed E-state index contributed by atoms with van der Waals surface area (Å²) >= 11 is 1.09. The number of carbonyl (C=O) groups excluding carboxylic acids is 2. The first-order valence-corrected chi connectivity index (χ1v) is 7.40. The van der Waals surface area contributed by atoms with Crippen molar-refractivity contribution in [2.75, 3.05) is 12.4 Å². The Morgan fingerprint density at radius 2 is 2.48 bits per heavy atom. The van der Waals surface area contributed by atoms with E-state index in [2.05, 4.69) is 11.4 Å². The molecule has 110 valence electrons. The molecule has 0 fully saturated rings. The molecule has 1 unspecified atom stereocenters. The van der Waals surface area contributed by atoms with Gasteiger partial charge in [0.2, 0.25) is 5.91 Å². The number of furan rings is 1. The van der Waals surface area contributed by atoms with Gasteiger partial charge in [-0.1, -0.05) is 11.8 Å². The highest BCUT2D eigenvalue weighted by Crippen LogP contribution is 2.35. The molecule has 1 aliphatic heterocycles. The maximum atomic E-state index is 11.8. The Kier molecular flexibility index (Phi) is 5.06. The van der Waals surface area contributed by atoms with E-state index in [-0.39, 0.29) is 24.1 Å². The molecule has 6 nitrogen and oxygen atoms in total. The molecule has 0 bridgehead atoms. The van der Waals surface area contributed by atoms with Crippen molar-refractivity contribution in [3.63, 3.8) is 0 Å². The molecule has 0 saturated carbocycles. The van der Waals surface area contributed by atoms with Crippen LogP contribution in [0.15, 0.2) is 33.4 Å². The summed E-state index contributed by atoms with van der Waals surface area (Å²) in [6.45, 7) is 2.02. The third-order valence-electron chi connectivity index (χ3n) is 2.88. The first-order valence-electron chi connectivity index (χ1n) is 6.41. The smallest absolute Gasteiger partial charge is 0.316 e. The van der Waals surface area contributed by atoms with E-state index in [0.717, 1.165) is 11.8 Å². The average molecular weight is 306 g/mol. The lowest BCUT2D eigenvalue weighted by Crippen LogP contribution is -2.31. The minimum absolute atomic E-state index is 0.0412. The fourth-order valence-electron chi connectivity index (χ4n) is 2.00. The average Bonchev–Trinajstić information content (AvgIpc) is 2.99. The topological polar surface area (TPSA) is 92.3 Å². The first-order chi connectivity index (χ1) is 10.2. The lowest BCUT2D eigenvalue weighted by Gasteiger charge is -2.23. The largest absolute Gasteiger partial charge is 0.469 e.